The van der Waals surface area contributed by atoms with Crippen LogP contribution in [0.1, 0.15) is 33.3 Å². The van der Waals surface area contributed by atoms with Crippen LogP contribution in [0.15, 0.2) is 24.3 Å². The van der Waals surface area contributed by atoms with Crippen molar-refractivity contribution in [1.82, 2.24) is 9.62 Å². The topological polar surface area (TPSA) is 75.4 Å². The maximum atomic E-state index is 12.0. The van der Waals surface area contributed by atoms with Gasteiger partial charge in [-0.3, -0.25) is 4.90 Å². The Kier molecular flexibility index (Phi) is 6.64. The number of rotatable bonds is 8. The van der Waals surface area contributed by atoms with E-state index in [0.29, 0.717) is 30.9 Å². The zero-order valence-electron chi connectivity index (χ0n) is 13.3. The van der Waals surface area contributed by atoms with Crippen molar-refractivity contribution in [3.05, 3.63) is 29.8 Å². The lowest BCUT2D eigenvalue weighted by molar-refractivity contribution is 0.179. The molecule has 0 aliphatic rings. The van der Waals surface area contributed by atoms with Crippen LogP contribution in [0.25, 0.3) is 0 Å². The number of nitrogens with two attached hydrogens (primary N) is 1. The van der Waals surface area contributed by atoms with Crippen LogP contribution < -0.4 is 10.5 Å². The van der Waals surface area contributed by atoms with Crippen molar-refractivity contribution in [3.8, 4) is 0 Å². The highest BCUT2D eigenvalue weighted by Gasteiger charge is 2.15. The van der Waals surface area contributed by atoms with Gasteiger partial charge in [-0.05, 0) is 45.4 Å². The second-order valence-electron chi connectivity index (χ2n) is 5.82. The Labute approximate surface area is 128 Å². The number of sulfonamides is 1. The van der Waals surface area contributed by atoms with Crippen molar-refractivity contribution < 1.29 is 8.42 Å². The fourth-order valence-corrected chi connectivity index (χ4v) is 3.46. The van der Waals surface area contributed by atoms with E-state index >= 15 is 0 Å². The third-order valence-corrected chi connectivity index (χ3v) is 4.71. The number of benzene rings is 1. The number of hydrogen-bond acceptors (Lipinski definition) is 4. The van der Waals surface area contributed by atoms with Crippen molar-refractivity contribution in [2.24, 2.45) is 0 Å². The molecule has 0 saturated heterocycles. The summed E-state index contributed by atoms with van der Waals surface area (Å²) in [6.07, 6.45) is 0. The van der Waals surface area contributed by atoms with Crippen molar-refractivity contribution >= 4 is 15.7 Å². The molecule has 1 aromatic carbocycles. The maximum absolute atomic E-state index is 12.0. The van der Waals surface area contributed by atoms with E-state index in [4.69, 9.17) is 5.73 Å². The lowest BCUT2D eigenvalue weighted by Crippen LogP contribution is -2.42. The summed E-state index contributed by atoms with van der Waals surface area (Å²) in [5, 5.41) is 0. The number of nitrogen functional groups attached to an aromatic ring is 1. The molecule has 0 aromatic heterocycles. The van der Waals surface area contributed by atoms with Gasteiger partial charge in [0, 0.05) is 30.9 Å². The molecule has 0 amide bonds. The number of hydrogen-bond donors (Lipinski definition) is 2. The van der Waals surface area contributed by atoms with Gasteiger partial charge in [0.1, 0.15) is 0 Å². The SMILES string of the molecule is CC(C)N(CCNS(=O)(=O)Cc1ccc(N)cc1)C(C)C. The predicted molar refractivity (Wildman–Crippen MR) is 88.5 cm³/mol. The molecule has 0 fully saturated rings. The summed E-state index contributed by atoms with van der Waals surface area (Å²) in [6.45, 7) is 9.58. The van der Waals surface area contributed by atoms with Gasteiger partial charge in [-0.1, -0.05) is 12.1 Å². The van der Waals surface area contributed by atoms with Crippen molar-refractivity contribution in [2.45, 2.75) is 45.5 Å². The minimum absolute atomic E-state index is 0.0172. The first-order chi connectivity index (χ1) is 9.71. The summed E-state index contributed by atoms with van der Waals surface area (Å²) in [4.78, 5) is 2.26. The molecule has 0 radical (unpaired) electrons. The molecule has 0 aliphatic carbocycles. The van der Waals surface area contributed by atoms with Gasteiger partial charge >= 0.3 is 0 Å². The molecule has 21 heavy (non-hydrogen) atoms. The largest absolute Gasteiger partial charge is 0.399 e. The first-order valence-corrected chi connectivity index (χ1v) is 8.94. The normalized spacial score (nSPS) is 12.5. The maximum Gasteiger partial charge on any atom is 0.215 e. The van der Waals surface area contributed by atoms with Crippen LogP contribution in [-0.4, -0.2) is 38.5 Å². The van der Waals surface area contributed by atoms with E-state index in [1.54, 1.807) is 24.3 Å². The van der Waals surface area contributed by atoms with E-state index in [2.05, 4.69) is 37.3 Å². The van der Waals surface area contributed by atoms with Crippen molar-refractivity contribution in [2.75, 3.05) is 18.8 Å². The van der Waals surface area contributed by atoms with Gasteiger partial charge in [-0.15, -0.1) is 0 Å². The molecule has 3 N–H and O–H groups in total. The zero-order chi connectivity index (χ0) is 16.0. The minimum Gasteiger partial charge on any atom is -0.399 e. The standard InChI is InChI=1S/C15H27N3O2S/c1-12(2)18(13(3)4)10-9-17-21(19,20)11-14-5-7-15(16)8-6-14/h5-8,12-13,17H,9-11,16H2,1-4H3. The molecule has 0 spiro atoms. The summed E-state index contributed by atoms with van der Waals surface area (Å²) in [6, 6.07) is 7.69. The second-order valence-corrected chi connectivity index (χ2v) is 7.63. The predicted octanol–water partition coefficient (Wildman–Crippen LogP) is 1.81. The highest BCUT2D eigenvalue weighted by molar-refractivity contribution is 7.88. The first kappa shape index (κ1) is 17.9. The Bertz CT molecular complexity index is 516. The second kappa shape index (κ2) is 7.77. The van der Waals surface area contributed by atoms with E-state index in [9.17, 15) is 8.42 Å². The van der Waals surface area contributed by atoms with Crippen LogP contribution in [0, 0.1) is 0 Å². The third kappa shape index (κ3) is 6.46. The highest BCUT2D eigenvalue weighted by atomic mass is 32.2. The molecular formula is C15H27N3O2S. The van der Waals surface area contributed by atoms with E-state index in [1.165, 1.54) is 0 Å². The summed E-state index contributed by atoms with van der Waals surface area (Å²) < 4.78 is 26.8. The Balaban J connectivity index is 2.51. The first-order valence-electron chi connectivity index (χ1n) is 7.29. The van der Waals surface area contributed by atoms with E-state index in [0.717, 1.165) is 5.56 Å². The fraction of sp³-hybridized carbons (Fsp3) is 0.600. The van der Waals surface area contributed by atoms with Gasteiger partial charge in [0.15, 0.2) is 0 Å². The van der Waals surface area contributed by atoms with Gasteiger partial charge in [0.25, 0.3) is 0 Å². The monoisotopic (exact) mass is 313 g/mol. The summed E-state index contributed by atoms with van der Waals surface area (Å²) in [5.74, 6) is -0.0172. The summed E-state index contributed by atoms with van der Waals surface area (Å²) >= 11 is 0. The van der Waals surface area contributed by atoms with Crippen LogP contribution in [0.4, 0.5) is 5.69 Å². The Morgan fingerprint density at radius 3 is 2.10 bits per heavy atom. The molecule has 6 heteroatoms. The van der Waals surface area contributed by atoms with Crippen LogP contribution in [0.2, 0.25) is 0 Å². The van der Waals surface area contributed by atoms with Gasteiger partial charge in [-0.25, -0.2) is 13.1 Å². The molecule has 0 heterocycles. The highest BCUT2D eigenvalue weighted by Crippen LogP contribution is 2.09. The average molecular weight is 313 g/mol. The smallest absolute Gasteiger partial charge is 0.215 e. The molecule has 0 saturated carbocycles. The van der Waals surface area contributed by atoms with Crippen LogP contribution >= 0.6 is 0 Å². The van der Waals surface area contributed by atoms with Crippen molar-refractivity contribution in [3.63, 3.8) is 0 Å². The van der Waals surface area contributed by atoms with Gasteiger partial charge in [0.2, 0.25) is 10.0 Å². The van der Waals surface area contributed by atoms with Crippen LogP contribution in [0.5, 0.6) is 0 Å². The molecule has 0 aliphatic heterocycles. The van der Waals surface area contributed by atoms with E-state index < -0.39 is 10.0 Å². The molecule has 0 atom stereocenters. The van der Waals surface area contributed by atoms with E-state index in [-0.39, 0.29) is 5.75 Å². The Hall–Kier alpha value is -1.11. The molecular weight excluding hydrogens is 286 g/mol. The number of nitrogens with zero attached hydrogens (tertiary/aromatic N) is 1. The van der Waals surface area contributed by atoms with Gasteiger partial charge in [-0.2, -0.15) is 0 Å². The molecule has 1 aromatic rings. The van der Waals surface area contributed by atoms with Crippen LogP contribution in [-0.2, 0) is 15.8 Å². The molecule has 5 nitrogen and oxygen atoms in total. The zero-order valence-corrected chi connectivity index (χ0v) is 14.2. The number of anilines is 1. The summed E-state index contributed by atoms with van der Waals surface area (Å²) in [7, 11) is -3.31. The Morgan fingerprint density at radius 2 is 1.62 bits per heavy atom. The fourth-order valence-electron chi connectivity index (χ4n) is 2.33. The average Bonchev–Trinajstić information content (AvgIpc) is 2.36. The number of nitrogens with one attached hydrogen (secondary N) is 1. The van der Waals surface area contributed by atoms with E-state index in [1.807, 2.05) is 0 Å². The van der Waals surface area contributed by atoms with Gasteiger partial charge in [0.05, 0.1) is 5.75 Å². The summed E-state index contributed by atoms with van der Waals surface area (Å²) in [5.41, 5.74) is 6.96. The van der Waals surface area contributed by atoms with Crippen LogP contribution in [0.3, 0.4) is 0 Å². The Morgan fingerprint density at radius 1 is 1.10 bits per heavy atom. The lowest BCUT2D eigenvalue weighted by Gasteiger charge is -2.30. The molecule has 0 unspecified atom stereocenters. The lowest BCUT2D eigenvalue weighted by atomic mass is 10.2. The third-order valence-electron chi connectivity index (χ3n) is 3.35. The van der Waals surface area contributed by atoms with Crippen molar-refractivity contribution in [1.29, 1.82) is 0 Å². The van der Waals surface area contributed by atoms with Gasteiger partial charge < -0.3 is 5.73 Å². The molecule has 0 bridgehead atoms. The molecule has 1 rings (SSSR count). The quantitative estimate of drug-likeness (QED) is 0.718. The minimum atomic E-state index is -3.31. The molecule has 120 valence electrons.